The molecule has 1 aromatic carbocycles. The maximum Gasteiger partial charge on any atom is 0.435 e. The molecule has 1 N–H and O–H groups in total. The summed E-state index contributed by atoms with van der Waals surface area (Å²) in [7, 11) is 2.88. The summed E-state index contributed by atoms with van der Waals surface area (Å²) in [5.74, 6) is 0.445. The summed E-state index contributed by atoms with van der Waals surface area (Å²) in [6, 6.07) is 9.51. The number of aromatic nitrogens is 2. The summed E-state index contributed by atoms with van der Waals surface area (Å²) >= 11 is 0. The second-order valence-corrected chi connectivity index (χ2v) is 10.4. The van der Waals surface area contributed by atoms with E-state index in [1.165, 1.54) is 25.3 Å². The fourth-order valence-electron chi connectivity index (χ4n) is 5.15. The topological polar surface area (TPSA) is 119 Å². The van der Waals surface area contributed by atoms with Crippen LogP contribution in [0, 0.1) is 11.8 Å². The van der Waals surface area contributed by atoms with Gasteiger partial charge in [-0.3, -0.25) is 9.59 Å². The van der Waals surface area contributed by atoms with Crippen molar-refractivity contribution in [2.75, 3.05) is 27.4 Å². The molecule has 2 atom stereocenters. The molecule has 4 heterocycles. The molecule has 5 rings (SSSR count). The second kappa shape index (κ2) is 11.9. The maximum absolute atomic E-state index is 13.5. The maximum atomic E-state index is 13.5. The minimum absolute atomic E-state index is 0.0462. The third-order valence-corrected chi connectivity index (χ3v) is 7.32. The molecule has 2 aliphatic rings. The average molecular weight is 601 g/mol. The molecule has 0 aliphatic carbocycles. The standard InChI is InChI=1S/C29H31F3N6O5/c1-16-12-24(39)33-34-27(16)18-6-8-21(22(14-18)41-3)43-11-5-10-37-25(40)13-17(2)28(36-37)19-7-9-26(42-4)38-20(19)15-23(35-38)29(30,31)32/h6-9,14-17H,5,10-13H2,1-4H3,(H,33,39). The van der Waals surface area contributed by atoms with Crippen LogP contribution in [0.15, 0.2) is 46.6 Å². The molecule has 43 heavy (non-hydrogen) atoms. The molecule has 228 valence electrons. The molecule has 2 aromatic heterocycles. The Morgan fingerprint density at radius 2 is 1.74 bits per heavy atom. The third-order valence-electron chi connectivity index (χ3n) is 7.32. The van der Waals surface area contributed by atoms with Gasteiger partial charge in [-0.15, -0.1) is 0 Å². The number of nitrogens with one attached hydrogen (secondary N) is 1. The van der Waals surface area contributed by atoms with Crippen molar-refractivity contribution in [2.45, 2.75) is 39.3 Å². The number of benzene rings is 1. The van der Waals surface area contributed by atoms with Crippen molar-refractivity contribution < 1.29 is 37.0 Å². The Labute approximate surface area is 245 Å². The van der Waals surface area contributed by atoms with Crippen molar-refractivity contribution in [3.8, 4) is 17.4 Å². The predicted molar refractivity (Wildman–Crippen MR) is 150 cm³/mol. The first-order chi connectivity index (χ1) is 20.5. The van der Waals surface area contributed by atoms with E-state index in [0.29, 0.717) is 35.6 Å². The molecule has 0 saturated heterocycles. The van der Waals surface area contributed by atoms with Crippen LogP contribution in [0.4, 0.5) is 13.2 Å². The molecule has 2 aliphatic heterocycles. The lowest BCUT2D eigenvalue weighted by Crippen LogP contribution is -2.37. The number of alkyl halides is 3. The zero-order valence-corrected chi connectivity index (χ0v) is 24.1. The Balaban J connectivity index is 1.30. The third kappa shape index (κ3) is 6.13. The number of carbonyl (C=O) groups is 2. The molecule has 0 fully saturated rings. The number of hydrogen-bond donors (Lipinski definition) is 1. The first-order valence-corrected chi connectivity index (χ1v) is 13.7. The van der Waals surface area contributed by atoms with Crippen molar-refractivity contribution in [3.05, 3.63) is 53.2 Å². The van der Waals surface area contributed by atoms with Crippen LogP contribution in [0.1, 0.15) is 49.9 Å². The highest BCUT2D eigenvalue weighted by Crippen LogP contribution is 2.33. The number of ether oxygens (including phenoxy) is 3. The summed E-state index contributed by atoms with van der Waals surface area (Å²) in [6.45, 7) is 4.22. The van der Waals surface area contributed by atoms with Gasteiger partial charge in [0.1, 0.15) is 0 Å². The Morgan fingerprint density at radius 1 is 0.977 bits per heavy atom. The van der Waals surface area contributed by atoms with Gasteiger partial charge in [0, 0.05) is 54.8 Å². The summed E-state index contributed by atoms with van der Waals surface area (Å²) in [5, 5.41) is 13.8. The second-order valence-electron chi connectivity index (χ2n) is 10.4. The number of rotatable bonds is 9. The Hall–Kier alpha value is -4.62. The Kier molecular flexibility index (Phi) is 8.29. The predicted octanol–water partition coefficient (Wildman–Crippen LogP) is 4.27. The minimum atomic E-state index is -4.64. The van der Waals surface area contributed by atoms with Crippen LogP contribution in [-0.4, -0.2) is 65.2 Å². The van der Waals surface area contributed by atoms with Gasteiger partial charge in [0.25, 0.3) is 0 Å². The van der Waals surface area contributed by atoms with E-state index in [2.05, 4.69) is 20.7 Å². The largest absolute Gasteiger partial charge is 0.493 e. The van der Waals surface area contributed by atoms with Gasteiger partial charge < -0.3 is 14.2 Å². The van der Waals surface area contributed by atoms with E-state index >= 15 is 0 Å². The van der Waals surface area contributed by atoms with Gasteiger partial charge in [-0.25, -0.2) is 10.4 Å². The lowest BCUT2D eigenvalue weighted by Gasteiger charge is -2.28. The Bertz CT molecular complexity index is 1620. The normalized spacial score (nSPS) is 19.2. The van der Waals surface area contributed by atoms with E-state index in [-0.39, 0.29) is 54.6 Å². The van der Waals surface area contributed by atoms with Crippen molar-refractivity contribution in [1.82, 2.24) is 20.0 Å². The SMILES string of the molecule is COc1cc(C2=NNC(=O)CC2C)ccc1OCCCN1N=C(c2ccc(OC)n3nc(C(F)(F)F)cc23)C(C)CC1=O. The van der Waals surface area contributed by atoms with Crippen LogP contribution in [0.3, 0.4) is 0 Å². The zero-order chi connectivity index (χ0) is 30.9. The van der Waals surface area contributed by atoms with Gasteiger partial charge in [-0.1, -0.05) is 13.8 Å². The van der Waals surface area contributed by atoms with Crippen molar-refractivity contribution in [2.24, 2.45) is 22.0 Å². The molecule has 11 nitrogen and oxygen atoms in total. The highest BCUT2D eigenvalue weighted by Gasteiger charge is 2.36. The summed E-state index contributed by atoms with van der Waals surface area (Å²) in [5.41, 5.74) is 4.11. The van der Waals surface area contributed by atoms with Crippen molar-refractivity contribution >= 4 is 28.8 Å². The molecule has 0 radical (unpaired) electrons. The fourth-order valence-corrected chi connectivity index (χ4v) is 5.15. The van der Waals surface area contributed by atoms with Crippen LogP contribution in [0.25, 0.3) is 5.52 Å². The molecular formula is C29H31F3N6O5. The number of carbonyl (C=O) groups excluding carboxylic acids is 2. The molecule has 0 bridgehead atoms. The minimum Gasteiger partial charge on any atom is -0.493 e. The number of halogens is 3. The van der Waals surface area contributed by atoms with Crippen LogP contribution in [-0.2, 0) is 15.8 Å². The van der Waals surface area contributed by atoms with Gasteiger partial charge in [-0.05, 0) is 30.3 Å². The summed E-state index contributed by atoms with van der Waals surface area (Å²) < 4.78 is 58.1. The fraction of sp³-hybridized carbons (Fsp3) is 0.414. The van der Waals surface area contributed by atoms with E-state index in [1.54, 1.807) is 18.2 Å². The molecule has 14 heteroatoms. The van der Waals surface area contributed by atoms with Gasteiger partial charge in [0.2, 0.25) is 17.7 Å². The molecule has 0 spiro atoms. The monoisotopic (exact) mass is 600 g/mol. The van der Waals surface area contributed by atoms with Crippen LogP contribution in [0.2, 0.25) is 0 Å². The van der Waals surface area contributed by atoms with Crippen LogP contribution >= 0.6 is 0 Å². The molecule has 2 unspecified atom stereocenters. The lowest BCUT2D eigenvalue weighted by atomic mass is 9.93. The number of hydrazone groups is 2. The average Bonchev–Trinajstić information content (AvgIpc) is 3.43. The summed E-state index contributed by atoms with van der Waals surface area (Å²) in [6.07, 6.45) is -3.71. The number of hydrogen-bond acceptors (Lipinski definition) is 8. The number of fused-ring (bicyclic) bond motifs is 1. The smallest absolute Gasteiger partial charge is 0.435 e. The molecule has 2 amide bonds. The van der Waals surface area contributed by atoms with E-state index in [9.17, 15) is 22.8 Å². The van der Waals surface area contributed by atoms with E-state index < -0.39 is 11.9 Å². The number of pyridine rings is 1. The molecule has 3 aromatic rings. The van der Waals surface area contributed by atoms with Gasteiger partial charge >= 0.3 is 6.18 Å². The van der Waals surface area contributed by atoms with Gasteiger partial charge in [0.15, 0.2) is 17.2 Å². The van der Waals surface area contributed by atoms with Crippen molar-refractivity contribution in [1.29, 1.82) is 0 Å². The molecule has 0 saturated carbocycles. The lowest BCUT2D eigenvalue weighted by molar-refractivity contribution is -0.141. The van der Waals surface area contributed by atoms with Gasteiger partial charge in [0.05, 0.1) is 37.8 Å². The first kappa shape index (κ1) is 29.9. The van der Waals surface area contributed by atoms with E-state index in [4.69, 9.17) is 14.2 Å². The number of nitrogens with zero attached hydrogens (tertiary/aromatic N) is 5. The number of amides is 2. The number of methoxy groups -OCH3 is 2. The first-order valence-electron chi connectivity index (χ1n) is 13.7. The summed E-state index contributed by atoms with van der Waals surface area (Å²) in [4.78, 5) is 24.4. The quantitative estimate of drug-likeness (QED) is 0.367. The van der Waals surface area contributed by atoms with Crippen LogP contribution < -0.4 is 19.6 Å². The van der Waals surface area contributed by atoms with E-state index in [0.717, 1.165) is 21.9 Å². The molecular weight excluding hydrogens is 569 g/mol. The zero-order valence-electron chi connectivity index (χ0n) is 24.1. The van der Waals surface area contributed by atoms with Gasteiger partial charge in [-0.2, -0.15) is 33.0 Å². The highest BCUT2D eigenvalue weighted by molar-refractivity contribution is 6.10. The van der Waals surface area contributed by atoms with Crippen LogP contribution in [0.5, 0.6) is 17.4 Å². The Morgan fingerprint density at radius 3 is 2.44 bits per heavy atom. The van der Waals surface area contributed by atoms with E-state index in [1.807, 2.05) is 19.9 Å². The highest BCUT2D eigenvalue weighted by atomic mass is 19.4. The van der Waals surface area contributed by atoms with Crippen molar-refractivity contribution in [3.63, 3.8) is 0 Å².